The number of rotatable bonds is 2. The third-order valence-electron chi connectivity index (χ3n) is 5.52. The lowest BCUT2D eigenvalue weighted by Crippen LogP contribution is -2.41. The number of aromatic nitrogens is 4. The van der Waals surface area contributed by atoms with Crippen molar-refractivity contribution in [1.29, 1.82) is 0 Å². The van der Waals surface area contributed by atoms with Crippen LogP contribution in [0.4, 0.5) is 0 Å². The van der Waals surface area contributed by atoms with Crippen molar-refractivity contribution in [1.82, 2.24) is 24.6 Å². The number of hydrogen-bond acceptors (Lipinski definition) is 4. The van der Waals surface area contributed by atoms with E-state index in [2.05, 4.69) is 37.9 Å². The Morgan fingerprint density at radius 3 is 2.79 bits per heavy atom. The first-order valence-corrected chi connectivity index (χ1v) is 8.90. The number of benzene rings is 1. The lowest BCUT2D eigenvalue weighted by Gasteiger charge is -2.36. The van der Waals surface area contributed by atoms with E-state index in [9.17, 15) is 0 Å². The lowest BCUT2D eigenvalue weighted by atomic mass is 9.91. The predicted molar refractivity (Wildman–Crippen MR) is 93.7 cm³/mol. The van der Waals surface area contributed by atoms with Gasteiger partial charge in [0.2, 0.25) is 0 Å². The summed E-state index contributed by atoms with van der Waals surface area (Å²) in [6.07, 6.45) is 6.91. The summed E-state index contributed by atoms with van der Waals surface area (Å²) in [6, 6.07) is 11.2. The predicted octanol–water partition coefficient (Wildman–Crippen LogP) is 2.90. The van der Waals surface area contributed by atoms with Gasteiger partial charge in [0.05, 0.1) is 16.7 Å². The van der Waals surface area contributed by atoms with Gasteiger partial charge in [0.15, 0.2) is 0 Å². The smallest absolute Gasteiger partial charge is 0.111 e. The standard InChI is InChI=1S/C19H21N5/c1-3-15(4-1)23-10-8-19-21-17-13-14(16-5-2-9-20-22-16)6-7-18(17)24(19)12-11-23/h2,5-7,9,13,15H,1,3-4,8,10-12H2. The Kier molecular flexibility index (Phi) is 3.33. The molecule has 0 saturated heterocycles. The van der Waals surface area contributed by atoms with Crippen molar-refractivity contribution >= 4 is 11.0 Å². The molecule has 0 atom stereocenters. The van der Waals surface area contributed by atoms with E-state index in [-0.39, 0.29) is 0 Å². The monoisotopic (exact) mass is 319 g/mol. The second-order valence-electron chi connectivity index (χ2n) is 6.86. The fraction of sp³-hybridized carbons (Fsp3) is 0.421. The van der Waals surface area contributed by atoms with E-state index in [1.165, 1.54) is 30.6 Å². The van der Waals surface area contributed by atoms with E-state index >= 15 is 0 Å². The molecule has 0 N–H and O–H groups in total. The van der Waals surface area contributed by atoms with Crippen LogP contribution >= 0.6 is 0 Å². The van der Waals surface area contributed by atoms with Gasteiger partial charge in [-0.3, -0.25) is 4.90 Å². The van der Waals surface area contributed by atoms with Crippen molar-refractivity contribution in [3.63, 3.8) is 0 Å². The summed E-state index contributed by atoms with van der Waals surface area (Å²) in [4.78, 5) is 7.59. The van der Waals surface area contributed by atoms with Crippen LogP contribution < -0.4 is 0 Å². The van der Waals surface area contributed by atoms with Gasteiger partial charge in [-0.05, 0) is 37.1 Å². The highest BCUT2D eigenvalue weighted by Crippen LogP contribution is 2.28. The Morgan fingerprint density at radius 2 is 2.00 bits per heavy atom. The van der Waals surface area contributed by atoms with Crippen molar-refractivity contribution in [3.8, 4) is 11.3 Å². The van der Waals surface area contributed by atoms with Crippen LogP contribution in [-0.2, 0) is 13.0 Å². The van der Waals surface area contributed by atoms with Crippen molar-refractivity contribution < 1.29 is 0 Å². The first kappa shape index (κ1) is 14.1. The summed E-state index contributed by atoms with van der Waals surface area (Å²) in [6.45, 7) is 3.34. The third kappa shape index (κ3) is 2.31. The molecule has 0 radical (unpaired) electrons. The first-order valence-electron chi connectivity index (χ1n) is 8.90. The third-order valence-corrected chi connectivity index (χ3v) is 5.52. The zero-order chi connectivity index (χ0) is 15.9. The molecule has 1 aliphatic carbocycles. The molecular formula is C19H21N5. The van der Waals surface area contributed by atoms with Gasteiger partial charge in [-0.15, -0.1) is 0 Å². The molecule has 3 aromatic rings. The average Bonchev–Trinajstić information content (AvgIpc) is 2.81. The van der Waals surface area contributed by atoms with Crippen LogP contribution in [-0.4, -0.2) is 43.8 Å². The number of nitrogens with zero attached hydrogens (tertiary/aromatic N) is 5. The zero-order valence-electron chi connectivity index (χ0n) is 13.7. The maximum atomic E-state index is 4.93. The molecule has 2 aromatic heterocycles. The highest BCUT2D eigenvalue weighted by atomic mass is 15.2. The van der Waals surface area contributed by atoms with Gasteiger partial charge in [0.25, 0.3) is 0 Å². The van der Waals surface area contributed by atoms with E-state index < -0.39 is 0 Å². The normalized spacial score (nSPS) is 19.0. The molecule has 0 spiro atoms. The Labute approximate surface area is 141 Å². The minimum atomic E-state index is 0.823. The number of imidazole rings is 1. The molecule has 0 amide bonds. The van der Waals surface area contributed by atoms with Crippen LogP contribution in [0.1, 0.15) is 25.1 Å². The molecule has 5 heteroatoms. The summed E-state index contributed by atoms with van der Waals surface area (Å²) < 4.78 is 2.41. The molecule has 1 saturated carbocycles. The van der Waals surface area contributed by atoms with Crippen LogP contribution in [0.5, 0.6) is 0 Å². The minimum absolute atomic E-state index is 0.823. The summed E-state index contributed by atoms with van der Waals surface area (Å²) in [7, 11) is 0. The van der Waals surface area contributed by atoms with Crippen LogP contribution in [0.15, 0.2) is 36.5 Å². The molecule has 24 heavy (non-hydrogen) atoms. The largest absolute Gasteiger partial charge is 0.327 e. The van der Waals surface area contributed by atoms with Crippen molar-refractivity contribution in [2.24, 2.45) is 0 Å². The van der Waals surface area contributed by atoms with Crippen LogP contribution in [0, 0.1) is 0 Å². The van der Waals surface area contributed by atoms with Crippen LogP contribution in [0.2, 0.25) is 0 Å². The van der Waals surface area contributed by atoms with Gasteiger partial charge in [0, 0.05) is 43.9 Å². The van der Waals surface area contributed by atoms with Gasteiger partial charge in [-0.1, -0.05) is 12.5 Å². The SMILES string of the molecule is c1cnnc(-c2ccc3c(c2)nc2n3CCN(C3CCC3)CC2)c1. The first-order chi connectivity index (χ1) is 11.9. The van der Waals surface area contributed by atoms with Gasteiger partial charge < -0.3 is 4.57 Å². The Balaban J connectivity index is 1.48. The summed E-state index contributed by atoms with van der Waals surface area (Å²) in [5.41, 5.74) is 4.30. The van der Waals surface area contributed by atoms with E-state index in [1.54, 1.807) is 6.20 Å². The molecule has 5 rings (SSSR count). The molecule has 0 unspecified atom stereocenters. The summed E-state index contributed by atoms with van der Waals surface area (Å²) in [5.74, 6) is 1.23. The quantitative estimate of drug-likeness (QED) is 0.729. The Bertz CT molecular complexity index is 866. The molecule has 2 aliphatic rings. The molecular weight excluding hydrogens is 298 g/mol. The fourth-order valence-corrected chi connectivity index (χ4v) is 3.94. The highest BCUT2D eigenvalue weighted by Gasteiger charge is 2.27. The number of hydrogen-bond donors (Lipinski definition) is 0. The highest BCUT2D eigenvalue weighted by molar-refractivity contribution is 5.81. The van der Waals surface area contributed by atoms with Crippen molar-refractivity contribution in [2.75, 3.05) is 13.1 Å². The second kappa shape index (κ2) is 5.67. The van der Waals surface area contributed by atoms with Crippen molar-refractivity contribution in [2.45, 2.75) is 38.3 Å². The summed E-state index contributed by atoms with van der Waals surface area (Å²) in [5, 5.41) is 8.18. The van der Waals surface area contributed by atoms with Crippen LogP contribution in [0.3, 0.4) is 0 Å². The van der Waals surface area contributed by atoms with E-state index in [0.29, 0.717) is 0 Å². The van der Waals surface area contributed by atoms with Gasteiger partial charge in [-0.25, -0.2) is 4.98 Å². The van der Waals surface area contributed by atoms with E-state index in [0.717, 1.165) is 48.9 Å². The molecule has 0 bridgehead atoms. The van der Waals surface area contributed by atoms with E-state index in [4.69, 9.17) is 4.98 Å². The molecule has 3 heterocycles. The van der Waals surface area contributed by atoms with Crippen LogP contribution in [0.25, 0.3) is 22.3 Å². The Morgan fingerprint density at radius 1 is 1.04 bits per heavy atom. The maximum absolute atomic E-state index is 4.93. The molecule has 1 aliphatic heterocycles. The van der Waals surface area contributed by atoms with Gasteiger partial charge >= 0.3 is 0 Å². The maximum Gasteiger partial charge on any atom is 0.111 e. The van der Waals surface area contributed by atoms with E-state index in [1.807, 2.05) is 12.1 Å². The lowest BCUT2D eigenvalue weighted by molar-refractivity contribution is 0.130. The molecule has 1 aromatic carbocycles. The zero-order valence-corrected chi connectivity index (χ0v) is 13.7. The second-order valence-corrected chi connectivity index (χ2v) is 6.86. The molecule has 1 fully saturated rings. The number of fused-ring (bicyclic) bond motifs is 3. The van der Waals surface area contributed by atoms with Gasteiger partial charge in [0.1, 0.15) is 5.82 Å². The molecule has 5 nitrogen and oxygen atoms in total. The van der Waals surface area contributed by atoms with Crippen molar-refractivity contribution in [3.05, 3.63) is 42.4 Å². The Hall–Kier alpha value is -2.27. The summed E-state index contributed by atoms with van der Waals surface area (Å²) >= 11 is 0. The average molecular weight is 319 g/mol. The topological polar surface area (TPSA) is 46.8 Å². The fourth-order valence-electron chi connectivity index (χ4n) is 3.94. The minimum Gasteiger partial charge on any atom is -0.327 e. The molecule has 122 valence electrons. The van der Waals surface area contributed by atoms with Gasteiger partial charge in [-0.2, -0.15) is 10.2 Å².